The van der Waals surface area contributed by atoms with Gasteiger partial charge in [-0.25, -0.2) is 18.4 Å². The Balaban J connectivity index is 1.10. The molecule has 2 saturated carbocycles. The van der Waals surface area contributed by atoms with E-state index in [-0.39, 0.29) is 23.7 Å². The van der Waals surface area contributed by atoms with Gasteiger partial charge in [-0.3, -0.25) is 9.10 Å². The van der Waals surface area contributed by atoms with Gasteiger partial charge in [-0.05, 0) is 86.4 Å². The number of nitrogens with zero attached hydrogens (tertiary/aromatic N) is 6. The summed E-state index contributed by atoms with van der Waals surface area (Å²) < 4.78 is 36.6. The Kier molecular flexibility index (Phi) is 6.68. The van der Waals surface area contributed by atoms with E-state index in [1.165, 1.54) is 17.1 Å². The minimum Gasteiger partial charge on any atom is -0.494 e. The van der Waals surface area contributed by atoms with E-state index < -0.39 is 10.0 Å². The zero-order chi connectivity index (χ0) is 32.9. The van der Waals surface area contributed by atoms with Crippen LogP contribution in [0.15, 0.2) is 54.6 Å². The van der Waals surface area contributed by atoms with Crippen molar-refractivity contribution in [3.8, 4) is 28.5 Å². The molecule has 3 unspecified atom stereocenters. The summed E-state index contributed by atoms with van der Waals surface area (Å²) in [5.74, 6) is 2.54. The second-order valence-electron chi connectivity index (χ2n) is 14.0. The summed E-state index contributed by atoms with van der Waals surface area (Å²) in [5.41, 5.74) is 12.8. The van der Waals surface area contributed by atoms with E-state index in [0.29, 0.717) is 53.9 Å². The molecule has 9 rings (SSSR count). The lowest BCUT2D eigenvalue weighted by Crippen LogP contribution is -2.41. The number of fused-ring (bicyclic) bond motifs is 4. The van der Waals surface area contributed by atoms with Crippen molar-refractivity contribution in [1.29, 1.82) is 0 Å². The van der Waals surface area contributed by atoms with Crippen LogP contribution >= 0.6 is 0 Å². The molecule has 2 aliphatic carbocycles. The van der Waals surface area contributed by atoms with E-state index in [2.05, 4.69) is 21.3 Å². The molecule has 2 aliphatic heterocycles. The second kappa shape index (κ2) is 10.8. The maximum Gasteiger partial charge on any atom is 0.254 e. The van der Waals surface area contributed by atoms with Crippen LogP contribution in [0, 0.1) is 11.8 Å². The van der Waals surface area contributed by atoms with Crippen LogP contribution in [-0.2, 0) is 23.6 Å². The van der Waals surface area contributed by atoms with Crippen molar-refractivity contribution in [2.75, 3.05) is 30.3 Å². The average Bonchev–Trinajstić information content (AvgIpc) is 3.28. The molecule has 12 heteroatoms. The van der Waals surface area contributed by atoms with E-state index >= 15 is 0 Å². The maximum atomic E-state index is 13.8. The Morgan fingerprint density at radius 1 is 1.02 bits per heavy atom. The molecule has 2 aromatic carbocycles. The Labute approximate surface area is 279 Å². The molecule has 2 bridgehead atoms. The highest BCUT2D eigenvalue weighted by atomic mass is 32.2. The van der Waals surface area contributed by atoms with Gasteiger partial charge in [-0.15, -0.1) is 0 Å². The van der Waals surface area contributed by atoms with Crippen LogP contribution in [-0.4, -0.2) is 76.4 Å². The molecule has 2 N–H and O–H groups in total. The Bertz CT molecular complexity index is 2220. The van der Waals surface area contributed by atoms with Gasteiger partial charge < -0.3 is 24.5 Å². The highest BCUT2D eigenvalue weighted by molar-refractivity contribution is 7.93. The summed E-state index contributed by atoms with van der Waals surface area (Å²) in [5, 5.41) is 1.02. The van der Waals surface area contributed by atoms with Crippen molar-refractivity contribution in [1.82, 2.24) is 24.0 Å². The van der Waals surface area contributed by atoms with Gasteiger partial charge in [0.15, 0.2) is 5.82 Å². The fraction of sp³-hybridized carbons (Fsp3) is 0.417. The number of carbonyl (C=O) groups excluding carboxylic acids is 1. The zero-order valence-corrected chi connectivity index (χ0v) is 28.0. The minimum absolute atomic E-state index is 0.0142. The van der Waals surface area contributed by atoms with E-state index in [0.717, 1.165) is 58.7 Å². The van der Waals surface area contributed by atoms with Crippen molar-refractivity contribution in [3.05, 3.63) is 60.2 Å². The molecule has 0 spiro atoms. The van der Waals surface area contributed by atoms with Crippen LogP contribution in [0.5, 0.6) is 5.75 Å². The van der Waals surface area contributed by atoms with E-state index in [1.54, 1.807) is 7.11 Å². The zero-order valence-electron chi connectivity index (χ0n) is 27.2. The molecule has 48 heavy (non-hydrogen) atoms. The number of likely N-dealkylation sites (tertiary alicyclic amines) is 1. The standard InChI is InChI=1S/C36H39N7O4S/c1-40-33-28(16-25(18-31(33)47-2)36(44)42-20-24-9-13-29(42)32(24)37)39-35(40)30-17-23-8-12-27(38-34(23)41(30)19-21-4-5-21)22-6-10-26(11-7-22)43-14-3-15-48(43,45)46/h6-8,10-12,16-18,21,24,29,32H,3-5,9,13-15,19-20,37H2,1-2H3. The number of aromatic nitrogens is 4. The molecule has 11 nitrogen and oxygen atoms in total. The number of piperidine rings is 1. The van der Waals surface area contributed by atoms with Gasteiger partial charge in [0.25, 0.3) is 5.91 Å². The van der Waals surface area contributed by atoms with Crippen molar-refractivity contribution < 1.29 is 17.9 Å². The van der Waals surface area contributed by atoms with Crippen molar-refractivity contribution >= 4 is 43.7 Å². The summed E-state index contributed by atoms with van der Waals surface area (Å²) in [7, 11) is 0.389. The fourth-order valence-corrected chi connectivity index (χ4v) is 9.78. The topological polar surface area (TPSA) is 129 Å². The number of imidazole rings is 1. The van der Waals surface area contributed by atoms with E-state index in [4.69, 9.17) is 20.4 Å². The number of carbonyl (C=O) groups is 1. The third kappa shape index (κ3) is 4.63. The van der Waals surface area contributed by atoms with Gasteiger partial charge in [0, 0.05) is 55.3 Å². The smallest absolute Gasteiger partial charge is 0.254 e. The number of benzene rings is 2. The first-order valence-corrected chi connectivity index (χ1v) is 18.5. The lowest BCUT2D eigenvalue weighted by molar-refractivity contribution is 0.0700. The van der Waals surface area contributed by atoms with Gasteiger partial charge in [-0.2, -0.15) is 0 Å². The minimum atomic E-state index is -3.24. The van der Waals surface area contributed by atoms with Gasteiger partial charge >= 0.3 is 0 Å². The van der Waals surface area contributed by atoms with Gasteiger partial charge in [0.2, 0.25) is 10.0 Å². The largest absolute Gasteiger partial charge is 0.494 e. The molecule has 0 radical (unpaired) electrons. The summed E-state index contributed by atoms with van der Waals surface area (Å²) in [6.45, 7) is 2.06. The molecule has 5 heterocycles. The van der Waals surface area contributed by atoms with Gasteiger partial charge in [0.1, 0.15) is 16.9 Å². The monoisotopic (exact) mass is 665 g/mol. The molecular weight excluding hydrogens is 627 g/mol. The highest BCUT2D eigenvalue weighted by Gasteiger charge is 2.47. The summed E-state index contributed by atoms with van der Waals surface area (Å²) >= 11 is 0. The van der Waals surface area contributed by atoms with E-state index in [1.807, 2.05) is 54.4 Å². The number of sulfonamides is 1. The first-order chi connectivity index (χ1) is 23.2. The Morgan fingerprint density at radius 2 is 1.83 bits per heavy atom. The van der Waals surface area contributed by atoms with Crippen LogP contribution in [0.3, 0.4) is 0 Å². The molecule has 4 fully saturated rings. The van der Waals surface area contributed by atoms with Crippen LogP contribution in [0.4, 0.5) is 5.69 Å². The Morgan fingerprint density at radius 3 is 2.50 bits per heavy atom. The molecule has 3 aromatic heterocycles. The molecule has 1 amide bonds. The molecular formula is C36H39N7O4S. The van der Waals surface area contributed by atoms with Crippen LogP contribution < -0.4 is 14.8 Å². The van der Waals surface area contributed by atoms with Crippen molar-refractivity contribution in [2.24, 2.45) is 24.6 Å². The molecule has 2 saturated heterocycles. The first-order valence-electron chi connectivity index (χ1n) is 16.9. The number of rotatable bonds is 7. The van der Waals surface area contributed by atoms with Gasteiger partial charge in [-0.1, -0.05) is 12.1 Å². The SMILES string of the molecule is COc1cc(C(=O)N2CC3CCC2C3N)cc2nc(-c3cc4ccc(-c5ccc(N6CCCS6(=O)=O)cc5)nc4n3CC3CC3)n(C)c12. The van der Waals surface area contributed by atoms with Crippen LogP contribution in [0.2, 0.25) is 0 Å². The lowest BCUT2D eigenvalue weighted by atomic mass is 10.1. The average molecular weight is 666 g/mol. The molecule has 4 aliphatic rings. The quantitative estimate of drug-likeness (QED) is 0.265. The number of aryl methyl sites for hydroxylation is 1. The summed E-state index contributed by atoms with van der Waals surface area (Å²) in [6.07, 6.45) is 5.06. The number of anilines is 1. The van der Waals surface area contributed by atoms with Crippen molar-refractivity contribution in [2.45, 2.75) is 50.7 Å². The number of pyridine rings is 1. The number of nitrogens with two attached hydrogens (primary N) is 1. The van der Waals surface area contributed by atoms with Crippen molar-refractivity contribution in [3.63, 3.8) is 0 Å². The number of ether oxygens (including phenoxy) is 1. The van der Waals surface area contributed by atoms with Crippen LogP contribution in [0.25, 0.3) is 44.8 Å². The predicted octanol–water partition coefficient (Wildman–Crippen LogP) is 4.78. The number of hydrogen-bond acceptors (Lipinski definition) is 7. The fourth-order valence-electron chi connectivity index (χ4n) is 8.21. The molecule has 3 atom stereocenters. The predicted molar refractivity (Wildman–Crippen MR) is 185 cm³/mol. The number of amides is 1. The normalized spacial score (nSPS) is 23.2. The molecule has 5 aromatic rings. The third-order valence-corrected chi connectivity index (χ3v) is 12.8. The second-order valence-corrected chi connectivity index (χ2v) is 16.0. The maximum absolute atomic E-state index is 13.8. The van der Waals surface area contributed by atoms with Crippen LogP contribution in [0.1, 0.15) is 42.5 Å². The lowest BCUT2D eigenvalue weighted by Gasteiger charge is -2.27. The molecule has 248 valence electrons. The summed E-state index contributed by atoms with van der Waals surface area (Å²) in [4.78, 5) is 26.0. The summed E-state index contributed by atoms with van der Waals surface area (Å²) in [6, 6.07) is 17.8. The third-order valence-electron chi connectivity index (χ3n) is 11.0. The Hall–Kier alpha value is -4.42. The first kappa shape index (κ1) is 29.7. The highest BCUT2D eigenvalue weighted by Crippen LogP contribution is 2.40. The number of methoxy groups -OCH3 is 1. The van der Waals surface area contributed by atoms with Gasteiger partial charge in [0.05, 0.1) is 35.5 Å². The number of hydrogen-bond donors (Lipinski definition) is 1. The van der Waals surface area contributed by atoms with E-state index in [9.17, 15) is 13.2 Å².